The van der Waals surface area contributed by atoms with E-state index in [4.69, 9.17) is 14.2 Å². The summed E-state index contributed by atoms with van der Waals surface area (Å²) >= 11 is 0. The highest BCUT2D eigenvalue weighted by molar-refractivity contribution is 5.97. The molecule has 0 aliphatic heterocycles. The summed E-state index contributed by atoms with van der Waals surface area (Å²) in [6.07, 6.45) is 0. The molecule has 0 fully saturated rings. The van der Waals surface area contributed by atoms with Crippen molar-refractivity contribution in [1.29, 1.82) is 0 Å². The van der Waals surface area contributed by atoms with E-state index in [2.05, 4.69) is 0 Å². The maximum Gasteiger partial charge on any atom is 0.200 e. The lowest BCUT2D eigenvalue weighted by atomic mass is 10.1. The van der Waals surface area contributed by atoms with E-state index in [-0.39, 0.29) is 12.4 Å². The van der Waals surface area contributed by atoms with Crippen molar-refractivity contribution in [3.63, 3.8) is 0 Å². The molecule has 0 bridgehead atoms. The summed E-state index contributed by atoms with van der Waals surface area (Å²) < 4.78 is 15.9. The maximum atomic E-state index is 12.0. The third-order valence-corrected chi connectivity index (χ3v) is 2.90. The molecule has 21 heavy (non-hydrogen) atoms. The molecule has 0 aliphatic rings. The molecule has 4 heteroatoms. The lowest BCUT2D eigenvalue weighted by Crippen LogP contribution is -2.11. The average molecular weight is 286 g/mol. The Morgan fingerprint density at radius 1 is 0.952 bits per heavy atom. The van der Waals surface area contributed by atoms with Crippen LogP contribution in [-0.4, -0.2) is 26.1 Å². The second kappa shape index (κ2) is 7.33. The summed E-state index contributed by atoms with van der Waals surface area (Å²) in [7, 11) is 1.59. The van der Waals surface area contributed by atoms with Crippen molar-refractivity contribution in [2.45, 2.75) is 6.92 Å². The Morgan fingerprint density at radius 3 is 2.24 bits per heavy atom. The van der Waals surface area contributed by atoms with Gasteiger partial charge in [-0.05, 0) is 43.3 Å². The molecule has 110 valence electrons. The van der Waals surface area contributed by atoms with Crippen LogP contribution in [0.1, 0.15) is 17.3 Å². The molecule has 0 aliphatic carbocycles. The van der Waals surface area contributed by atoms with E-state index in [1.807, 2.05) is 19.1 Å². The molecule has 4 nitrogen and oxygen atoms in total. The van der Waals surface area contributed by atoms with Crippen LogP contribution in [0.25, 0.3) is 0 Å². The molecule has 0 radical (unpaired) electrons. The van der Waals surface area contributed by atoms with Gasteiger partial charge < -0.3 is 14.2 Å². The van der Waals surface area contributed by atoms with E-state index < -0.39 is 0 Å². The van der Waals surface area contributed by atoms with Crippen molar-refractivity contribution in [1.82, 2.24) is 0 Å². The maximum absolute atomic E-state index is 12.0. The van der Waals surface area contributed by atoms with Gasteiger partial charge in [-0.25, -0.2) is 0 Å². The molecule has 0 saturated heterocycles. The summed E-state index contributed by atoms with van der Waals surface area (Å²) in [5.41, 5.74) is 0.594. The van der Waals surface area contributed by atoms with E-state index in [1.165, 1.54) is 0 Å². The standard InChI is InChI=1S/C17H18O4/c1-3-20-15-5-4-6-16(11-15)21-12-17(18)13-7-9-14(19-2)10-8-13/h4-11H,3,12H2,1-2H3. The van der Waals surface area contributed by atoms with Crippen LogP contribution < -0.4 is 14.2 Å². The number of hydrogen-bond acceptors (Lipinski definition) is 4. The van der Waals surface area contributed by atoms with Gasteiger partial charge in [0, 0.05) is 11.6 Å². The minimum Gasteiger partial charge on any atom is -0.497 e. The van der Waals surface area contributed by atoms with Gasteiger partial charge in [0.05, 0.1) is 13.7 Å². The van der Waals surface area contributed by atoms with Gasteiger partial charge in [0.25, 0.3) is 0 Å². The van der Waals surface area contributed by atoms with Gasteiger partial charge in [-0.15, -0.1) is 0 Å². The zero-order valence-corrected chi connectivity index (χ0v) is 12.2. The van der Waals surface area contributed by atoms with Crippen LogP contribution in [0.3, 0.4) is 0 Å². The van der Waals surface area contributed by atoms with Gasteiger partial charge in [-0.3, -0.25) is 4.79 Å². The number of carbonyl (C=O) groups excluding carboxylic acids is 1. The number of Topliss-reactive ketones (excluding diaryl/α,β-unsaturated/α-hetero) is 1. The summed E-state index contributed by atoms with van der Waals surface area (Å²) in [6, 6.07) is 14.2. The Kier molecular flexibility index (Phi) is 5.21. The minimum atomic E-state index is -0.0838. The fraction of sp³-hybridized carbons (Fsp3) is 0.235. The molecule has 2 aromatic rings. The van der Waals surface area contributed by atoms with Crippen molar-refractivity contribution in [2.75, 3.05) is 20.3 Å². The summed E-state index contributed by atoms with van der Waals surface area (Å²) in [4.78, 5) is 12.0. The number of benzene rings is 2. The molecule has 0 spiro atoms. The fourth-order valence-corrected chi connectivity index (χ4v) is 1.83. The molecule has 0 heterocycles. The molecular formula is C17H18O4. The highest BCUT2D eigenvalue weighted by atomic mass is 16.5. The second-order valence-electron chi connectivity index (χ2n) is 4.35. The first-order valence-electron chi connectivity index (χ1n) is 6.76. The molecule has 0 N–H and O–H groups in total. The second-order valence-corrected chi connectivity index (χ2v) is 4.35. The molecule has 2 aromatic carbocycles. The van der Waals surface area contributed by atoms with Crippen molar-refractivity contribution >= 4 is 5.78 Å². The van der Waals surface area contributed by atoms with Crippen molar-refractivity contribution < 1.29 is 19.0 Å². The summed E-state index contributed by atoms with van der Waals surface area (Å²) in [5.74, 6) is 1.98. The van der Waals surface area contributed by atoms with Crippen molar-refractivity contribution in [3.8, 4) is 17.2 Å². The van der Waals surface area contributed by atoms with Crippen LogP contribution in [0.2, 0.25) is 0 Å². The normalized spacial score (nSPS) is 10.0. The topological polar surface area (TPSA) is 44.8 Å². The van der Waals surface area contributed by atoms with Gasteiger partial charge in [0.1, 0.15) is 17.2 Å². The molecule has 0 unspecified atom stereocenters. The zero-order valence-electron chi connectivity index (χ0n) is 12.2. The first kappa shape index (κ1) is 14.9. The number of ketones is 1. The molecule has 0 atom stereocenters. The van der Waals surface area contributed by atoms with Gasteiger partial charge in [-0.2, -0.15) is 0 Å². The van der Waals surface area contributed by atoms with Crippen LogP contribution in [0.4, 0.5) is 0 Å². The average Bonchev–Trinajstić information content (AvgIpc) is 2.53. The Hall–Kier alpha value is -2.49. The van der Waals surface area contributed by atoms with E-state index in [0.717, 1.165) is 11.5 Å². The number of ether oxygens (including phenoxy) is 3. The number of methoxy groups -OCH3 is 1. The largest absolute Gasteiger partial charge is 0.497 e. The van der Waals surface area contributed by atoms with Crippen molar-refractivity contribution in [2.24, 2.45) is 0 Å². The smallest absolute Gasteiger partial charge is 0.200 e. The first-order chi connectivity index (χ1) is 10.2. The molecule has 2 rings (SSSR count). The third kappa shape index (κ3) is 4.24. The van der Waals surface area contributed by atoms with Crippen LogP contribution in [0.15, 0.2) is 48.5 Å². The SMILES string of the molecule is CCOc1cccc(OCC(=O)c2ccc(OC)cc2)c1. The van der Waals surface area contributed by atoms with Crippen LogP contribution in [0, 0.1) is 0 Å². The summed E-state index contributed by atoms with van der Waals surface area (Å²) in [5, 5.41) is 0. The van der Waals surface area contributed by atoms with E-state index in [1.54, 1.807) is 43.5 Å². The molecular weight excluding hydrogens is 268 g/mol. The summed E-state index contributed by atoms with van der Waals surface area (Å²) in [6.45, 7) is 2.50. The number of hydrogen-bond donors (Lipinski definition) is 0. The third-order valence-electron chi connectivity index (χ3n) is 2.90. The van der Waals surface area contributed by atoms with E-state index in [9.17, 15) is 4.79 Å². The Bertz CT molecular complexity index is 590. The fourth-order valence-electron chi connectivity index (χ4n) is 1.83. The van der Waals surface area contributed by atoms with Gasteiger partial charge in [0.15, 0.2) is 12.4 Å². The monoisotopic (exact) mass is 286 g/mol. The highest BCUT2D eigenvalue weighted by Crippen LogP contribution is 2.19. The van der Waals surface area contributed by atoms with Crippen molar-refractivity contribution in [3.05, 3.63) is 54.1 Å². The van der Waals surface area contributed by atoms with E-state index in [0.29, 0.717) is 17.9 Å². The van der Waals surface area contributed by atoms with Gasteiger partial charge >= 0.3 is 0 Å². The highest BCUT2D eigenvalue weighted by Gasteiger charge is 2.07. The zero-order chi connectivity index (χ0) is 15.1. The van der Waals surface area contributed by atoms with Crippen LogP contribution in [-0.2, 0) is 0 Å². The van der Waals surface area contributed by atoms with Crippen LogP contribution >= 0.6 is 0 Å². The Labute approximate surface area is 124 Å². The lowest BCUT2D eigenvalue weighted by molar-refractivity contribution is 0.0921. The number of carbonyl (C=O) groups is 1. The quantitative estimate of drug-likeness (QED) is 0.732. The van der Waals surface area contributed by atoms with E-state index >= 15 is 0 Å². The van der Waals surface area contributed by atoms with Crippen LogP contribution in [0.5, 0.6) is 17.2 Å². The van der Waals surface area contributed by atoms with Gasteiger partial charge in [0.2, 0.25) is 0 Å². The predicted molar refractivity (Wildman–Crippen MR) is 80.4 cm³/mol. The first-order valence-corrected chi connectivity index (χ1v) is 6.76. The minimum absolute atomic E-state index is 0.0120. The molecule has 0 aromatic heterocycles. The Morgan fingerprint density at radius 2 is 1.62 bits per heavy atom. The molecule has 0 saturated carbocycles. The lowest BCUT2D eigenvalue weighted by Gasteiger charge is -2.08. The predicted octanol–water partition coefficient (Wildman–Crippen LogP) is 3.36. The number of rotatable bonds is 7. The van der Waals surface area contributed by atoms with Gasteiger partial charge in [-0.1, -0.05) is 6.07 Å². The molecule has 0 amide bonds. The Balaban J connectivity index is 1.95.